The molecule has 1 amide bonds. The molecule has 0 spiro atoms. The molecular formula is C16H17ClN2O3S. The number of carbonyl (C=O) groups excluding carboxylic acids is 1. The van der Waals surface area contributed by atoms with E-state index in [4.69, 9.17) is 11.6 Å². The highest BCUT2D eigenvalue weighted by atomic mass is 35.5. The number of anilines is 1. The van der Waals surface area contributed by atoms with Gasteiger partial charge in [-0.3, -0.25) is 4.79 Å². The van der Waals surface area contributed by atoms with E-state index in [0.717, 1.165) is 4.31 Å². The van der Waals surface area contributed by atoms with E-state index < -0.39 is 15.9 Å². The number of aryl methyl sites for hydroxylation is 1. The van der Waals surface area contributed by atoms with Crippen LogP contribution in [0, 0.1) is 6.92 Å². The SMILES string of the molecule is Cc1ccc(S(=O)(=O)N(C)C)cc1C(=O)Nc1ccccc1Cl. The number of hydrogen-bond donors (Lipinski definition) is 1. The Bertz CT molecular complexity index is 848. The number of benzene rings is 2. The predicted octanol–water partition coefficient (Wildman–Crippen LogP) is 3.15. The number of hydrogen-bond acceptors (Lipinski definition) is 3. The normalized spacial score (nSPS) is 11.5. The second kappa shape index (κ2) is 6.70. The van der Waals surface area contributed by atoms with Gasteiger partial charge in [0.25, 0.3) is 5.91 Å². The summed E-state index contributed by atoms with van der Waals surface area (Å²) < 4.78 is 25.5. The van der Waals surface area contributed by atoms with E-state index >= 15 is 0 Å². The van der Waals surface area contributed by atoms with E-state index in [1.165, 1.54) is 26.2 Å². The van der Waals surface area contributed by atoms with Gasteiger partial charge in [0.15, 0.2) is 0 Å². The Hall–Kier alpha value is -1.89. The molecule has 1 N–H and O–H groups in total. The molecule has 0 aliphatic heterocycles. The number of nitrogens with one attached hydrogen (secondary N) is 1. The summed E-state index contributed by atoms with van der Waals surface area (Å²) >= 11 is 6.02. The fourth-order valence-corrected chi connectivity index (χ4v) is 3.08. The van der Waals surface area contributed by atoms with Crippen molar-refractivity contribution in [2.24, 2.45) is 0 Å². The number of amides is 1. The zero-order valence-electron chi connectivity index (χ0n) is 13.0. The first kappa shape index (κ1) is 17.5. The maximum atomic E-state index is 12.5. The number of halogens is 1. The smallest absolute Gasteiger partial charge is 0.256 e. The van der Waals surface area contributed by atoms with Crippen molar-refractivity contribution in [2.75, 3.05) is 19.4 Å². The van der Waals surface area contributed by atoms with Crippen molar-refractivity contribution >= 4 is 33.2 Å². The maximum absolute atomic E-state index is 12.5. The second-order valence-corrected chi connectivity index (χ2v) is 7.76. The van der Waals surface area contributed by atoms with Crippen LogP contribution >= 0.6 is 11.6 Å². The molecule has 0 saturated heterocycles. The minimum atomic E-state index is -3.60. The minimum absolute atomic E-state index is 0.0670. The van der Waals surface area contributed by atoms with Crippen molar-refractivity contribution in [1.29, 1.82) is 0 Å². The molecule has 0 unspecified atom stereocenters. The first-order valence-corrected chi connectivity index (χ1v) is 8.64. The Balaban J connectivity index is 2.40. The lowest BCUT2D eigenvalue weighted by Crippen LogP contribution is -2.23. The molecule has 0 aliphatic carbocycles. The molecule has 0 aromatic heterocycles. The van der Waals surface area contributed by atoms with Gasteiger partial charge in [-0.05, 0) is 36.8 Å². The van der Waals surface area contributed by atoms with E-state index in [2.05, 4.69) is 5.32 Å². The van der Waals surface area contributed by atoms with Crippen LogP contribution in [0.2, 0.25) is 5.02 Å². The number of sulfonamides is 1. The Morgan fingerprint density at radius 1 is 1.13 bits per heavy atom. The molecule has 0 fully saturated rings. The second-order valence-electron chi connectivity index (χ2n) is 5.20. The summed E-state index contributed by atoms with van der Waals surface area (Å²) in [4.78, 5) is 12.5. The highest BCUT2D eigenvalue weighted by molar-refractivity contribution is 7.89. The highest BCUT2D eigenvalue weighted by Gasteiger charge is 2.20. The zero-order valence-corrected chi connectivity index (χ0v) is 14.6. The topological polar surface area (TPSA) is 66.5 Å². The lowest BCUT2D eigenvalue weighted by Gasteiger charge is -2.14. The van der Waals surface area contributed by atoms with Gasteiger partial charge in [0.1, 0.15) is 0 Å². The molecule has 0 bridgehead atoms. The summed E-state index contributed by atoms with van der Waals surface area (Å²) in [5.41, 5.74) is 1.43. The summed E-state index contributed by atoms with van der Waals surface area (Å²) in [6.07, 6.45) is 0. The van der Waals surface area contributed by atoms with Gasteiger partial charge in [0.05, 0.1) is 15.6 Å². The lowest BCUT2D eigenvalue weighted by molar-refractivity contribution is 0.102. The van der Waals surface area contributed by atoms with Crippen LogP contribution in [0.5, 0.6) is 0 Å². The number of carbonyl (C=O) groups is 1. The quantitative estimate of drug-likeness (QED) is 0.919. The fraction of sp³-hybridized carbons (Fsp3) is 0.188. The third-order valence-electron chi connectivity index (χ3n) is 3.35. The Kier molecular flexibility index (Phi) is 5.09. The van der Waals surface area contributed by atoms with Gasteiger partial charge >= 0.3 is 0 Å². The van der Waals surface area contributed by atoms with Crippen molar-refractivity contribution in [1.82, 2.24) is 4.31 Å². The molecule has 0 heterocycles. The van der Waals surface area contributed by atoms with Crippen molar-refractivity contribution < 1.29 is 13.2 Å². The van der Waals surface area contributed by atoms with Crippen molar-refractivity contribution in [3.63, 3.8) is 0 Å². The van der Waals surface area contributed by atoms with Gasteiger partial charge in [-0.15, -0.1) is 0 Å². The molecule has 7 heteroatoms. The number of nitrogens with zero attached hydrogens (tertiary/aromatic N) is 1. The van der Waals surface area contributed by atoms with Gasteiger partial charge < -0.3 is 5.32 Å². The summed E-state index contributed by atoms with van der Waals surface area (Å²) in [6.45, 7) is 1.74. The third kappa shape index (κ3) is 3.72. The standard InChI is InChI=1S/C16H17ClN2O3S/c1-11-8-9-12(23(21,22)19(2)3)10-13(11)16(20)18-15-7-5-4-6-14(15)17/h4-10H,1-3H3,(H,18,20). The molecular weight excluding hydrogens is 336 g/mol. The monoisotopic (exact) mass is 352 g/mol. The Morgan fingerprint density at radius 3 is 2.39 bits per heavy atom. The lowest BCUT2D eigenvalue weighted by atomic mass is 10.1. The van der Waals surface area contributed by atoms with Crippen LogP contribution in [-0.2, 0) is 10.0 Å². The van der Waals surface area contributed by atoms with Gasteiger partial charge in [-0.1, -0.05) is 29.8 Å². The Morgan fingerprint density at radius 2 is 1.78 bits per heavy atom. The summed E-state index contributed by atoms with van der Waals surface area (Å²) in [7, 11) is -0.717. The van der Waals surface area contributed by atoms with E-state index in [9.17, 15) is 13.2 Å². The molecule has 0 aliphatic rings. The first-order chi connectivity index (χ1) is 10.7. The van der Waals surface area contributed by atoms with Gasteiger partial charge in [0, 0.05) is 19.7 Å². The average molecular weight is 353 g/mol. The maximum Gasteiger partial charge on any atom is 0.256 e. The van der Waals surface area contributed by atoms with Crippen LogP contribution in [0.1, 0.15) is 15.9 Å². The van der Waals surface area contributed by atoms with E-state index in [0.29, 0.717) is 16.3 Å². The number of rotatable bonds is 4. The highest BCUT2D eigenvalue weighted by Crippen LogP contribution is 2.23. The Labute approximate surface area is 140 Å². The minimum Gasteiger partial charge on any atom is -0.321 e. The van der Waals surface area contributed by atoms with Gasteiger partial charge in [-0.2, -0.15) is 0 Å². The molecule has 2 aromatic carbocycles. The van der Waals surface area contributed by atoms with E-state index in [1.54, 1.807) is 37.3 Å². The van der Waals surface area contributed by atoms with Crippen LogP contribution in [0.25, 0.3) is 0 Å². The summed E-state index contributed by atoms with van der Waals surface area (Å²) in [5.74, 6) is -0.411. The summed E-state index contributed by atoms with van der Waals surface area (Å²) in [6, 6.07) is 11.3. The van der Waals surface area contributed by atoms with Crippen molar-refractivity contribution in [3.8, 4) is 0 Å². The third-order valence-corrected chi connectivity index (χ3v) is 5.49. The molecule has 5 nitrogen and oxygen atoms in total. The van der Waals surface area contributed by atoms with Gasteiger partial charge in [-0.25, -0.2) is 12.7 Å². The number of para-hydroxylation sites is 1. The molecule has 23 heavy (non-hydrogen) atoms. The summed E-state index contributed by atoms with van der Waals surface area (Å²) in [5, 5.41) is 3.11. The van der Waals surface area contributed by atoms with Crippen LogP contribution < -0.4 is 5.32 Å². The molecule has 2 rings (SSSR count). The van der Waals surface area contributed by atoms with Crippen molar-refractivity contribution in [3.05, 3.63) is 58.6 Å². The molecule has 0 radical (unpaired) electrons. The molecule has 2 aromatic rings. The van der Waals surface area contributed by atoms with Gasteiger partial charge in [0.2, 0.25) is 10.0 Å². The van der Waals surface area contributed by atoms with Crippen molar-refractivity contribution in [2.45, 2.75) is 11.8 Å². The van der Waals surface area contributed by atoms with Crippen LogP contribution in [0.15, 0.2) is 47.4 Å². The largest absolute Gasteiger partial charge is 0.321 e. The van der Waals surface area contributed by atoms with Crippen LogP contribution in [-0.4, -0.2) is 32.7 Å². The first-order valence-electron chi connectivity index (χ1n) is 6.82. The fourth-order valence-electron chi connectivity index (χ4n) is 1.97. The predicted molar refractivity (Wildman–Crippen MR) is 91.5 cm³/mol. The van der Waals surface area contributed by atoms with E-state index in [-0.39, 0.29) is 10.5 Å². The molecule has 0 saturated carbocycles. The van der Waals surface area contributed by atoms with Crippen LogP contribution in [0.3, 0.4) is 0 Å². The van der Waals surface area contributed by atoms with E-state index in [1.807, 2.05) is 0 Å². The van der Waals surface area contributed by atoms with Crippen LogP contribution in [0.4, 0.5) is 5.69 Å². The molecule has 0 atom stereocenters. The average Bonchev–Trinajstić information content (AvgIpc) is 2.49. The zero-order chi connectivity index (χ0) is 17.2. The molecule has 122 valence electrons.